The number of nitrogens with zero attached hydrogens (tertiary/aromatic N) is 8. The van der Waals surface area contributed by atoms with Crippen molar-refractivity contribution >= 4 is 39.5 Å². The molecule has 0 bridgehead atoms. The van der Waals surface area contributed by atoms with Gasteiger partial charge in [0.2, 0.25) is 5.95 Å². The van der Waals surface area contributed by atoms with E-state index in [2.05, 4.69) is 49.0 Å². The molecule has 0 amide bonds. The van der Waals surface area contributed by atoms with Gasteiger partial charge in [-0.3, -0.25) is 0 Å². The van der Waals surface area contributed by atoms with E-state index in [4.69, 9.17) is 9.72 Å². The van der Waals surface area contributed by atoms with E-state index in [0.717, 1.165) is 30.9 Å². The van der Waals surface area contributed by atoms with Gasteiger partial charge in [0.15, 0.2) is 11.6 Å². The molecule has 0 radical (unpaired) electrons. The van der Waals surface area contributed by atoms with Gasteiger partial charge in [-0.15, -0.1) is 0 Å². The third-order valence-corrected chi connectivity index (χ3v) is 7.01. The highest BCUT2D eigenvalue weighted by atomic mass is 19.1. The van der Waals surface area contributed by atoms with Crippen molar-refractivity contribution in [2.45, 2.75) is 19.9 Å². The maximum atomic E-state index is 14.6. The lowest BCUT2D eigenvalue weighted by Gasteiger charge is -2.37. The summed E-state index contributed by atoms with van der Waals surface area (Å²) in [6, 6.07) is 9.20. The number of imidazole rings is 1. The van der Waals surface area contributed by atoms with Gasteiger partial charge in [0.25, 0.3) is 0 Å². The van der Waals surface area contributed by atoms with Crippen molar-refractivity contribution in [1.29, 1.82) is 0 Å². The molecule has 1 aliphatic heterocycles. The lowest BCUT2D eigenvalue weighted by Crippen LogP contribution is -2.50. The van der Waals surface area contributed by atoms with Crippen LogP contribution < -0.4 is 15.0 Å². The normalized spacial score (nSPS) is 16.3. The molecule has 1 N–H and O–H groups in total. The molecule has 11 heteroatoms. The molecule has 2 aromatic carbocycles. The molecule has 10 nitrogen and oxygen atoms in total. The van der Waals surface area contributed by atoms with Crippen LogP contribution in [-0.4, -0.2) is 67.1 Å². The third-order valence-electron chi connectivity index (χ3n) is 7.01. The molecule has 3 aromatic heterocycles. The number of piperazine rings is 1. The summed E-state index contributed by atoms with van der Waals surface area (Å²) in [5.41, 5.74) is 3.99. The number of aromatic nitrogens is 6. The van der Waals surface area contributed by atoms with Crippen LogP contribution in [0, 0.1) is 12.7 Å². The summed E-state index contributed by atoms with van der Waals surface area (Å²) in [7, 11) is 3.89. The van der Waals surface area contributed by atoms with E-state index in [0.29, 0.717) is 51.4 Å². The molecule has 1 fully saturated rings. The van der Waals surface area contributed by atoms with Crippen LogP contribution in [-0.2, 0) is 7.05 Å². The Morgan fingerprint density at radius 1 is 1.03 bits per heavy atom. The lowest BCUT2D eigenvalue weighted by atomic mass is 10.2. The maximum Gasteiger partial charge on any atom is 0.226 e. The summed E-state index contributed by atoms with van der Waals surface area (Å²) in [6.45, 7) is 6.81. The Kier molecular flexibility index (Phi) is 5.99. The van der Waals surface area contributed by atoms with Crippen molar-refractivity contribution < 1.29 is 9.13 Å². The Morgan fingerprint density at radius 3 is 2.71 bits per heavy atom. The van der Waals surface area contributed by atoms with Crippen molar-refractivity contribution in [3.8, 4) is 11.5 Å². The molecule has 1 saturated heterocycles. The fourth-order valence-electron chi connectivity index (χ4n) is 4.70. The van der Waals surface area contributed by atoms with Crippen LogP contribution in [0.3, 0.4) is 0 Å². The van der Waals surface area contributed by atoms with Crippen LogP contribution in [0.15, 0.2) is 49.2 Å². The van der Waals surface area contributed by atoms with Gasteiger partial charge in [0.1, 0.15) is 34.4 Å². The predicted octanol–water partition coefficient (Wildman–Crippen LogP) is 4.43. The zero-order chi connectivity index (χ0) is 26.4. The largest absolute Gasteiger partial charge is 0.457 e. The highest BCUT2D eigenvalue weighted by Crippen LogP contribution is 2.32. The highest BCUT2D eigenvalue weighted by molar-refractivity contribution is 5.87. The summed E-state index contributed by atoms with van der Waals surface area (Å²) >= 11 is 0. The molecule has 0 unspecified atom stereocenters. The molecular formula is C27H28FN9O. The number of aryl methyl sites for hydroxylation is 2. The summed E-state index contributed by atoms with van der Waals surface area (Å²) in [5.74, 6) is 1.90. The lowest BCUT2D eigenvalue weighted by molar-refractivity contribution is 0.233. The Morgan fingerprint density at radius 2 is 1.89 bits per heavy atom. The van der Waals surface area contributed by atoms with Gasteiger partial charge in [-0.1, -0.05) is 0 Å². The Hall–Kier alpha value is -4.38. The molecule has 4 heterocycles. The topological polar surface area (TPSA) is 97.1 Å². The number of halogens is 1. The number of rotatable bonds is 5. The molecule has 38 heavy (non-hydrogen) atoms. The summed E-state index contributed by atoms with van der Waals surface area (Å²) < 4.78 is 22.2. The summed E-state index contributed by atoms with van der Waals surface area (Å²) in [5, 5.41) is 3.36. The predicted molar refractivity (Wildman–Crippen MR) is 145 cm³/mol. The van der Waals surface area contributed by atoms with Crippen LogP contribution in [0.1, 0.15) is 12.5 Å². The molecule has 1 aliphatic rings. The van der Waals surface area contributed by atoms with E-state index in [1.54, 1.807) is 30.2 Å². The number of anilines is 3. The monoisotopic (exact) mass is 513 g/mol. The van der Waals surface area contributed by atoms with Gasteiger partial charge >= 0.3 is 0 Å². The van der Waals surface area contributed by atoms with Crippen LogP contribution in [0.2, 0.25) is 0 Å². The molecule has 0 spiro atoms. The van der Waals surface area contributed by atoms with Crippen molar-refractivity contribution in [2.75, 3.05) is 36.9 Å². The van der Waals surface area contributed by atoms with Gasteiger partial charge in [-0.2, -0.15) is 0 Å². The number of hydrogen-bond acceptors (Lipinski definition) is 9. The minimum absolute atomic E-state index is 0.378. The number of likely N-dealkylation sites (N-methyl/N-ethyl adjacent to an activating group) is 1. The van der Waals surface area contributed by atoms with Crippen molar-refractivity contribution in [1.82, 2.24) is 34.4 Å². The van der Waals surface area contributed by atoms with E-state index in [-0.39, 0.29) is 5.82 Å². The van der Waals surface area contributed by atoms with Gasteiger partial charge in [-0.05, 0) is 44.7 Å². The van der Waals surface area contributed by atoms with Gasteiger partial charge in [0.05, 0.1) is 18.0 Å². The van der Waals surface area contributed by atoms with Crippen molar-refractivity contribution in [3.05, 3.63) is 60.6 Å². The molecular weight excluding hydrogens is 485 g/mol. The molecule has 0 saturated carbocycles. The van der Waals surface area contributed by atoms with Gasteiger partial charge in [0, 0.05) is 50.5 Å². The van der Waals surface area contributed by atoms with Crippen LogP contribution in [0.25, 0.3) is 22.1 Å². The SMILES string of the molecule is Cc1cc(Nc2ncnc3cnc(N4CCN(C)[C@H](C)C4)nc23)ccc1Oc1cc(F)c2c(c1)ncn2C. The Balaban J connectivity index is 1.25. The van der Waals surface area contributed by atoms with Crippen molar-refractivity contribution in [2.24, 2.45) is 7.05 Å². The zero-order valence-electron chi connectivity index (χ0n) is 21.7. The van der Waals surface area contributed by atoms with Gasteiger partial charge in [-0.25, -0.2) is 29.3 Å². The van der Waals surface area contributed by atoms with E-state index >= 15 is 0 Å². The first-order valence-corrected chi connectivity index (χ1v) is 12.4. The number of hydrogen-bond donors (Lipinski definition) is 1. The third kappa shape index (κ3) is 4.45. The Labute approximate surface area is 219 Å². The molecule has 194 valence electrons. The quantitative estimate of drug-likeness (QED) is 0.366. The molecule has 0 aliphatic carbocycles. The highest BCUT2D eigenvalue weighted by Gasteiger charge is 2.23. The fraction of sp³-hybridized carbons (Fsp3) is 0.296. The first kappa shape index (κ1) is 24.0. The zero-order valence-corrected chi connectivity index (χ0v) is 21.7. The second-order valence-corrected chi connectivity index (χ2v) is 9.74. The minimum Gasteiger partial charge on any atom is -0.457 e. The maximum absolute atomic E-state index is 14.6. The summed E-state index contributed by atoms with van der Waals surface area (Å²) in [6.07, 6.45) is 4.82. The number of benzene rings is 2. The van der Waals surface area contributed by atoms with Crippen LogP contribution in [0.4, 0.5) is 21.8 Å². The minimum atomic E-state index is -0.378. The molecule has 6 rings (SSSR count). The second-order valence-electron chi connectivity index (χ2n) is 9.74. The molecule has 1 atom stereocenters. The van der Waals surface area contributed by atoms with Crippen molar-refractivity contribution in [3.63, 3.8) is 0 Å². The molecule has 5 aromatic rings. The van der Waals surface area contributed by atoms with Crippen LogP contribution in [0.5, 0.6) is 11.5 Å². The first-order chi connectivity index (χ1) is 18.4. The average molecular weight is 514 g/mol. The second kappa shape index (κ2) is 9.49. The first-order valence-electron chi connectivity index (χ1n) is 12.4. The average Bonchev–Trinajstić information content (AvgIpc) is 3.28. The smallest absolute Gasteiger partial charge is 0.226 e. The van der Waals surface area contributed by atoms with Gasteiger partial charge < -0.3 is 24.4 Å². The summed E-state index contributed by atoms with van der Waals surface area (Å²) in [4.78, 5) is 27.0. The Bertz CT molecular complexity index is 1650. The number of fused-ring (bicyclic) bond motifs is 2. The fourth-order valence-corrected chi connectivity index (χ4v) is 4.70. The van der Waals surface area contributed by atoms with E-state index < -0.39 is 0 Å². The number of nitrogens with one attached hydrogen (secondary N) is 1. The number of ether oxygens (including phenoxy) is 1. The van der Waals surface area contributed by atoms with E-state index in [1.165, 1.54) is 12.4 Å². The van der Waals surface area contributed by atoms with E-state index in [1.807, 2.05) is 25.1 Å². The standard InChI is InChI=1S/C27H28FN9O/c1-16-9-18(5-6-23(16)38-19-10-20(28)25-21(11-19)32-15-36(25)4)33-26-24-22(30-14-31-26)12-29-27(34-24)37-8-7-35(3)17(2)13-37/h5-6,9-12,14-15,17H,7-8,13H2,1-4H3,(H,30,31,33)/t17-/m1/s1. The van der Waals surface area contributed by atoms with Crippen LogP contribution >= 0.6 is 0 Å². The van der Waals surface area contributed by atoms with E-state index in [9.17, 15) is 4.39 Å².